The highest BCUT2D eigenvalue weighted by Gasteiger charge is 2.40. The Labute approximate surface area is 278 Å². The Morgan fingerprint density at radius 2 is 1.50 bits per heavy atom. The van der Waals surface area contributed by atoms with Gasteiger partial charge in [-0.15, -0.1) is 11.8 Å². The third-order valence-electron chi connectivity index (χ3n) is 8.63. The molecule has 0 radical (unpaired) electrons. The molecule has 1 amide bonds. The lowest BCUT2D eigenvalue weighted by Crippen LogP contribution is -2.59. The summed E-state index contributed by atoms with van der Waals surface area (Å²) in [4.78, 5) is 35.0. The van der Waals surface area contributed by atoms with Crippen molar-refractivity contribution < 1.29 is 31.5 Å². The lowest BCUT2D eigenvalue weighted by molar-refractivity contribution is -0.137. The number of carbonyl (C=O) groups excluding carboxylic acids is 1. The molecule has 1 saturated heterocycles. The summed E-state index contributed by atoms with van der Waals surface area (Å²) in [6.45, 7) is 9.41. The molecule has 3 aromatic carbocycles. The fourth-order valence-electron chi connectivity index (χ4n) is 6.63. The second-order valence-electron chi connectivity index (χ2n) is 13.4. The molecule has 0 saturated carbocycles. The molecule has 3 atom stereocenters. The van der Waals surface area contributed by atoms with E-state index < -0.39 is 52.8 Å². The van der Waals surface area contributed by atoms with E-state index in [4.69, 9.17) is 4.74 Å². The van der Waals surface area contributed by atoms with E-state index in [1.54, 1.807) is 42.7 Å². The standard InChI is InChI=1S/C35H35F5N4O3S/c1-19-15-42(16-20(2)44(19)33(46)47-34(3,4)5)31-26-14-27(35(38,39)40)28(22-8-12-25(37)13-9-22)30-29(26)43(32(45)41-31)17-23(18-48-30)21-6-10-24(36)11-7-21/h6-14,19-20,23H,15-18H2,1-5H3. The lowest BCUT2D eigenvalue weighted by Gasteiger charge is -2.45. The first-order valence-corrected chi connectivity index (χ1v) is 16.6. The fraction of sp³-hybridized carbons (Fsp3) is 0.400. The number of ether oxygens (including phenoxy) is 1. The Morgan fingerprint density at radius 1 is 0.917 bits per heavy atom. The van der Waals surface area contributed by atoms with E-state index in [-0.39, 0.29) is 58.5 Å². The van der Waals surface area contributed by atoms with E-state index in [1.165, 1.54) is 40.6 Å². The van der Waals surface area contributed by atoms with Crippen molar-refractivity contribution in [3.8, 4) is 11.1 Å². The van der Waals surface area contributed by atoms with Crippen molar-refractivity contribution in [2.75, 3.05) is 23.7 Å². The highest BCUT2D eigenvalue weighted by Crippen LogP contribution is 2.49. The number of alkyl halides is 3. The molecule has 2 aliphatic rings. The van der Waals surface area contributed by atoms with Crippen LogP contribution >= 0.6 is 11.8 Å². The minimum Gasteiger partial charge on any atom is -0.444 e. The average molecular weight is 687 g/mol. The number of hydrogen-bond acceptors (Lipinski definition) is 6. The van der Waals surface area contributed by atoms with E-state index in [1.807, 2.05) is 13.8 Å². The minimum atomic E-state index is -4.81. The summed E-state index contributed by atoms with van der Waals surface area (Å²) in [6, 6.07) is 10.8. The van der Waals surface area contributed by atoms with Crippen molar-refractivity contribution in [1.29, 1.82) is 0 Å². The number of carbonyl (C=O) groups is 1. The van der Waals surface area contributed by atoms with Crippen LogP contribution in [-0.4, -0.2) is 57.1 Å². The number of piperazine rings is 1. The summed E-state index contributed by atoms with van der Waals surface area (Å²) in [5.41, 5.74) is -1.29. The number of rotatable bonds is 3. The summed E-state index contributed by atoms with van der Waals surface area (Å²) >= 11 is 1.18. The number of benzene rings is 3. The van der Waals surface area contributed by atoms with Crippen LogP contribution in [-0.2, 0) is 17.5 Å². The van der Waals surface area contributed by atoms with E-state index in [0.717, 1.165) is 23.8 Å². The smallest absolute Gasteiger partial charge is 0.417 e. The van der Waals surface area contributed by atoms with E-state index in [9.17, 15) is 18.4 Å². The van der Waals surface area contributed by atoms with Crippen LogP contribution in [0, 0.1) is 11.6 Å². The van der Waals surface area contributed by atoms with Crippen LogP contribution in [0.25, 0.3) is 22.0 Å². The van der Waals surface area contributed by atoms with Gasteiger partial charge in [-0.25, -0.2) is 18.4 Å². The van der Waals surface area contributed by atoms with Gasteiger partial charge in [-0.05, 0) is 76.1 Å². The second kappa shape index (κ2) is 12.4. The maximum atomic E-state index is 15.0. The number of nitrogens with zero attached hydrogens (tertiary/aromatic N) is 4. The quantitative estimate of drug-likeness (QED) is 0.203. The maximum absolute atomic E-state index is 15.0. The molecule has 0 bridgehead atoms. The van der Waals surface area contributed by atoms with Gasteiger partial charge in [0.1, 0.15) is 23.1 Å². The molecule has 48 heavy (non-hydrogen) atoms. The van der Waals surface area contributed by atoms with Gasteiger partial charge < -0.3 is 9.64 Å². The predicted octanol–water partition coefficient (Wildman–Crippen LogP) is 8.08. The second-order valence-corrected chi connectivity index (χ2v) is 14.4. The largest absolute Gasteiger partial charge is 0.444 e. The van der Waals surface area contributed by atoms with Crippen molar-refractivity contribution in [2.45, 2.75) is 75.8 Å². The summed E-state index contributed by atoms with van der Waals surface area (Å²) in [5, 5.41) is 0.139. The van der Waals surface area contributed by atoms with Crippen LogP contribution in [0.2, 0.25) is 0 Å². The zero-order valence-electron chi connectivity index (χ0n) is 27.1. The Bertz CT molecular complexity index is 1910. The number of hydrogen-bond donors (Lipinski definition) is 0. The van der Waals surface area contributed by atoms with Crippen LogP contribution < -0.4 is 10.6 Å². The Kier molecular flexibility index (Phi) is 8.72. The van der Waals surface area contributed by atoms with E-state index in [0.29, 0.717) is 5.52 Å². The fourth-order valence-corrected chi connectivity index (χ4v) is 8.03. The molecule has 13 heteroatoms. The molecule has 3 unspecified atom stereocenters. The minimum absolute atomic E-state index is 0.0898. The van der Waals surface area contributed by atoms with Gasteiger partial charge in [0.15, 0.2) is 0 Å². The van der Waals surface area contributed by atoms with Crippen molar-refractivity contribution in [3.63, 3.8) is 0 Å². The third kappa shape index (κ3) is 6.48. The number of amides is 1. The Morgan fingerprint density at radius 3 is 2.06 bits per heavy atom. The molecule has 0 N–H and O–H groups in total. The van der Waals surface area contributed by atoms with E-state index >= 15 is 13.2 Å². The van der Waals surface area contributed by atoms with Gasteiger partial charge in [-0.2, -0.15) is 18.2 Å². The number of anilines is 1. The van der Waals surface area contributed by atoms with Gasteiger partial charge in [0, 0.05) is 47.2 Å². The first kappa shape index (κ1) is 33.8. The van der Waals surface area contributed by atoms with Crippen LogP contribution in [0.1, 0.15) is 51.7 Å². The highest BCUT2D eigenvalue weighted by atomic mass is 32.2. The lowest BCUT2D eigenvalue weighted by atomic mass is 9.95. The van der Waals surface area contributed by atoms with Crippen molar-refractivity contribution in [2.24, 2.45) is 0 Å². The molecule has 6 rings (SSSR count). The van der Waals surface area contributed by atoms with Crippen LogP contribution in [0.3, 0.4) is 0 Å². The van der Waals surface area contributed by atoms with Crippen molar-refractivity contribution >= 4 is 34.6 Å². The molecule has 3 heterocycles. The third-order valence-corrected chi connectivity index (χ3v) is 9.89. The molecule has 1 aromatic heterocycles. The molecule has 7 nitrogen and oxygen atoms in total. The number of thioether (sulfide) groups is 1. The summed E-state index contributed by atoms with van der Waals surface area (Å²) in [5.74, 6) is -1.01. The van der Waals surface area contributed by atoms with Gasteiger partial charge in [0.2, 0.25) is 0 Å². The molecular weight excluding hydrogens is 651 g/mol. The maximum Gasteiger partial charge on any atom is 0.417 e. The molecule has 1 fully saturated rings. The molecule has 254 valence electrons. The normalized spacial score (nSPS) is 20.2. The monoisotopic (exact) mass is 686 g/mol. The summed E-state index contributed by atoms with van der Waals surface area (Å²) < 4.78 is 79.9. The van der Waals surface area contributed by atoms with E-state index in [2.05, 4.69) is 4.98 Å². The predicted molar refractivity (Wildman–Crippen MR) is 175 cm³/mol. The van der Waals surface area contributed by atoms with Gasteiger partial charge in [0.05, 0.1) is 23.2 Å². The van der Waals surface area contributed by atoms with Crippen LogP contribution in [0.4, 0.5) is 32.6 Å². The Balaban J connectivity index is 1.56. The molecule has 4 aromatic rings. The van der Waals surface area contributed by atoms with Crippen molar-refractivity contribution in [1.82, 2.24) is 14.5 Å². The summed E-state index contributed by atoms with van der Waals surface area (Å²) in [7, 11) is 0. The van der Waals surface area contributed by atoms with Gasteiger partial charge >= 0.3 is 18.0 Å². The Hall–Kier alpha value is -4.13. The molecule has 2 aliphatic heterocycles. The number of aromatic nitrogens is 2. The first-order valence-electron chi connectivity index (χ1n) is 15.6. The molecule has 0 spiro atoms. The molecular formula is C35H35F5N4O3S. The zero-order valence-corrected chi connectivity index (χ0v) is 27.9. The van der Waals surface area contributed by atoms with Crippen molar-refractivity contribution in [3.05, 3.63) is 87.8 Å². The average Bonchev–Trinajstić information content (AvgIpc) is 3.19. The highest BCUT2D eigenvalue weighted by molar-refractivity contribution is 7.99. The number of halogens is 5. The zero-order chi connectivity index (χ0) is 34.7. The van der Waals surface area contributed by atoms with Crippen LogP contribution in [0.5, 0.6) is 0 Å². The SMILES string of the molecule is CC1CN(c2nc(=O)n3c4c(c(-c5ccc(F)cc5)c(C(F)(F)F)cc24)SCC(c2ccc(F)cc2)C3)CC(C)N1C(=O)OC(C)(C)C. The molecule has 0 aliphatic carbocycles. The van der Waals surface area contributed by atoms with Gasteiger partial charge in [0.25, 0.3) is 0 Å². The van der Waals surface area contributed by atoms with Crippen LogP contribution in [0.15, 0.2) is 64.3 Å². The van der Waals surface area contributed by atoms with Gasteiger partial charge in [-0.1, -0.05) is 24.3 Å². The van der Waals surface area contributed by atoms with Gasteiger partial charge in [-0.3, -0.25) is 9.47 Å². The topological polar surface area (TPSA) is 67.7 Å². The first-order chi connectivity index (χ1) is 22.5. The summed E-state index contributed by atoms with van der Waals surface area (Å²) in [6.07, 6.45) is -5.32.